The average Bonchev–Trinajstić information content (AvgIpc) is 2.76. The molecule has 0 aliphatic heterocycles. The van der Waals surface area contributed by atoms with Crippen LogP contribution < -0.4 is 4.74 Å². The third-order valence-electron chi connectivity index (χ3n) is 2.90. The van der Waals surface area contributed by atoms with Crippen molar-refractivity contribution in [3.05, 3.63) is 33.8 Å². The minimum atomic E-state index is -4.61. The number of nitrogens with zero attached hydrogens (tertiary/aromatic N) is 1. The van der Waals surface area contributed by atoms with Crippen molar-refractivity contribution in [2.45, 2.75) is 19.5 Å². The molecule has 8 heteroatoms. The van der Waals surface area contributed by atoms with E-state index in [1.54, 1.807) is 13.0 Å². The number of alkyl halides is 3. The third kappa shape index (κ3) is 3.38. The van der Waals surface area contributed by atoms with Crippen LogP contribution in [0.3, 0.4) is 0 Å². The van der Waals surface area contributed by atoms with Crippen molar-refractivity contribution >= 4 is 17.3 Å². The maximum atomic E-state index is 12.8. The second-order valence-electron chi connectivity index (χ2n) is 4.54. The Balaban J connectivity index is 2.52. The Morgan fingerprint density at radius 3 is 2.64 bits per heavy atom. The first-order valence-corrected chi connectivity index (χ1v) is 6.96. The predicted octanol–water partition coefficient (Wildman–Crippen LogP) is 3.77. The van der Waals surface area contributed by atoms with Gasteiger partial charge in [0.1, 0.15) is 5.75 Å². The fraction of sp³-hybridized carbons (Fsp3) is 0.286. The number of carboxylic acid groups (broad SMARTS) is 1. The van der Waals surface area contributed by atoms with Crippen molar-refractivity contribution in [2.75, 3.05) is 7.11 Å². The van der Waals surface area contributed by atoms with E-state index in [1.165, 1.54) is 17.4 Å². The van der Waals surface area contributed by atoms with E-state index in [-0.39, 0.29) is 6.42 Å². The number of hydrogen-bond donors (Lipinski definition) is 1. The SMILES string of the molecule is COc1cc(-c2cc(C)sc2CC(=O)O)cnc1C(F)(F)F. The summed E-state index contributed by atoms with van der Waals surface area (Å²) in [4.78, 5) is 15.8. The smallest absolute Gasteiger partial charge is 0.437 e. The first-order valence-electron chi connectivity index (χ1n) is 6.15. The van der Waals surface area contributed by atoms with Crippen LogP contribution in [0.25, 0.3) is 11.1 Å². The van der Waals surface area contributed by atoms with Crippen LogP contribution in [0.15, 0.2) is 18.3 Å². The number of halogens is 3. The molecule has 2 aromatic heterocycles. The van der Waals surface area contributed by atoms with Crippen molar-refractivity contribution in [1.29, 1.82) is 0 Å². The average molecular weight is 331 g/mol. The molecular weight excluding hydrogens is 319 g/mol. The summed E-state index contributed by atoms with van der Waals surface area (Å²) >= 11 is 1.29. The Hall–Kier alpha value is -2.09. The van der Waals surface area contributed by atoms with Gasteiger partial charge in [-0.2, -0.15) is 13.2 Å². The molecule has 0 aromatic carbocycles. The summed E-state index contributed by atoms with van der Waals surface area (Å²) < 4.78 is 43.2. The lowest BCUT2D eigenvalue weighted by molar-refractivity contribution is -0.142. The molecule has 0 atom stereocenters. The lowest BCUT2D eigenvalue weighted by Crippen LogP contribution is -2.10. The van der Waals surface area contributed by atoms with Crippen molar-refractivity contribution in [1.82, 2.24) is 4.98 Å². The highest BCUT2D eigenvalue weighted by Gasteiger charge is 2.36. The fourth-order valence-corrected chi connectivity index (χ4v) is 3.08. The van der Waals surface area contributed by atoms with Crippen LogP contribution in [-0.2, 0) is 17.4 Å². The number of methoxy groups -OCH3 is 1. The van der Waals surface area contributed by atoms with Crippen LogP contribution in [0.5, 0.6) is 5.75 Å². The number of aromatic nitrogens is 1. The van der Waals surface area contributed by atoms with Gasteiger partial charge in [-0.25, -0.2) is 4.98 Å². The normalized spacial score (nSPS) is 11.5. The lowest BCUT2D eigenvalue weighted by Gasteiger charge is -2.12. The first kappa shape index (κ1) is 16.3. The zero-order valence-electron chi connectivity index (χ0n) is 11.7. The van der Waals surface area contributed by atoms with Gasteiger partial charge < -0.3 is 9.84 Å². The summed E-state index contributed by atoms with van der Waals surface area (Å²) in [5.74, 6) is -1.40. The Morgan fingerprint density at radius 1 is 1.41 bits per heavy atom. The largest absolute Gasteiger partial charge is 0.494 e. The van der Waals surface area contributed by atoms with Gasteiger partial charge in [0.2, 0.25) is 0 Å². The van der Waals surface area contributed by atoms with Crippen LogP contribution in [-0.4, -0.2) is 23.2 Å². The Labute approximate surface area is 128 Å². The topological polar surface area (TPSA) is 59.4 Å². The molecule has 0 spiro atoms. The number of thiophene rings is 1. The summed E-state index contributed by atoms with van der Waals surface area (Å²) in [6.45, 7) is 1.80. The van der Waals surface area contributed by atoms with Crippen molar-refractivity contribution < 1.29 is 27.8 Å². The molecule has 0 aliphatic rings. The molecule has 0 fully saturated rings. The van der Waals surface area contributed by atoms with Gasteiger partial charge in [-0.3, -0.25) is 4.79 Å². The van der Waals surface area contributed by atoms with E-state index in [2.05, 4.69) is 4.98 Å². The fourth-order valence-electron chi connectivity index (χ4n) is 2.04. The molecule has 2 rings (SSSR count). The molecule has 0 saturated heterocycles. The van der Waals surface area contributed by atoms with E-state index in [9.17, 15) is 18.0 Å². The molecule has 0 bridgehead atoms. The highest BCUT2D eigenvalue weighted by Crippen LogP contribution is 2.38. The monoisotopic (exact) mass is 331 g/mol. The number of pyridine rings is 1. The van der Waals surface area contributed by atoms with Crippen LogP contribution >= 0.6 is 11.3 Å². The minimum Gasteiger partial charge on any atom is -0.494 e. The molecule has 0 saturated carbocycles. The van der Waals surface area contributed by atoms with Gasteiger partial charge >= 0.3 is 12.1 Å². The maximum absolute atomic E-state index is 12.8. The quantitative estimate of drug-likeness (QED) is 0.926. The molecule has 2 heterocycles. The van der Waals surface area contributed by atoms with Gasteiger partial charge in [0, 0.05) is 21.5 Å². The van der Waals surface area contributed by atoms with Gasteiger partial charge in [0.15, 0.2) is 5.69 Å². The maximum Gasteiger partial charge on any atom is 0.437 e. The van der Waals surface area contributed by atoms with Crippen LogP contribution in [0.2, 0.25) is 0 Å². The number of carbonyl (C=O) groups is 1. The standard InChI is InChI=1S/C14H12F3NO3S/c1-7-3-9(11(22-7)5-12(19)20)8-4-10(21-2)13(18-6-8)14(15,16)17/h3-4,6H,5H2,1-2H3,(H,19,20). The second kappa shape index (κ2) is 5.96. The number of ether oxygens (including phenoxy) is 1. The Morgan fingerprint density at radius 2 is 2.09 bits per heavy atom. The molecule has 0 radical (unpaired) electrons. The van der Waals surface area contributed by atoms with E-state index < -0.39 is 23.6 Å². The highest BCUT2D eigenvalue weighted by atomic mass is 32.1. The molecule has 2 aromatic rings. The molecule has 0 unspecified atom stereocenters. The third-order valence-corrected chi connectivity index (χ3v) is 3.95. The zero-order valence-corrected chi connectivity index (χ0v) is 12.5. The van der Waals surface area contributed by atoms with Crippen molar-refractivity contribution in [3.8, 4) is 16.9 Å². The summed E-state index contributed by atoms with van der Waals surface area (Å²) in [6.07, 6.45) is -3.73. The molecule has 0 amide bonds. The molecular formula is C14H12F3NO3S. The van der Waals surface area contributed by atoms with Gasteiger partial charge in [-0.15, -0.1) is 11.3 Å². The van der Waals surface area contributed by atoms with Gasteiger partial charge in [0.05, 0.1) is 13.5 Å². The molecule has 118 valence electrons. The van der Waals surface area contributed by atoms with E-state index in [0.717, 1.165) is 18.2 Å². The number of carboxylic acids is 1. The Bertz CT molecular complexity index is 710. The molecule has 22 heavy (non-hydrogen) atoms. The molecule has 4 nitrogen and oxygen atoms in total. The zero-order chi connectivity index (χ0) is 16.5. The molecule has 1 N–H and O–H groups in total. The van der Waals surface area contributed by atoms with Gasteiger partial charge in [-0.1, -0.05) is 0 Å². The first-order chi connectivity index (χ1) is 10.2. The van der Waals surface area contributed by atoms with Crippen LogP contribution in [0.1, 0.15) is 15.4 Å². The highest BCUT2D eigenvalue weighted by molar-refractivity contribution is 7.12. The number of aryl methyl sites for hydroxylation is 1. The summed E-state index contributed by atoms with van der Waals surface area (Å²) in [5, 5.41) is 8.92. The van der Waals surface area contributed by atoms with E-state index in [0.29, 0.717) is 16.0 Å². The van der Waals surface area contributed by atoms with Crippen molar-refractivity contribution in [2.24, 2.45) is 0 Å². The Kier molecular flexibility index (Phi) is 4.41. The van der Waals surface area contributed by atoms with E-state index >= 15 is 0 Å². The number of aliphatic carboxylic acids is 1. The summed E-state index contributed by atoms with van der Waals surface area (Å²) in [7, 11) is 1.13. The summed E-state index contributed by atoms with van der Waals surface area (Å²) in [5.41, 5.74) is -0.152. The van der Waals surface area contributed by atoms with E-state index in [4.69, 9.17) is 9.84 Å². The predicted molar refractivity (Wildman–Crippen MR) is 75.2 cm³/mol. The summed E-state index contributed by atoms with van der Waals surface area (Å²) in [6, 6.07) is 2.95. The van der Waals surface area contributed by atoms with Crippen molar-refractivity contribution in [3.63, 3.8) is 0 Å². The minimum absolute atomic E-state index is 0.197. The number of rotatable bonds is 4. The molecule has 0 aliphatic carbocycles. The van der Waals surface area contributed by atoms with Gasteiger partial charge in [-0.05, 0) is 24.6 Å². The van der Waals surface area contributed by atoms with Gasteiger partial charge in [0.25, 0.3) is 0 Å². The van der Waals surface area contributed by atoms with Crippen LogP contribution in [0, 0.1) is 6.92 Å². The number of hydrogen-bond acceptors (Lipinski definition) is 4. The van der Waals surface area contributed by atoms with E-state index in [1.807, 2.05) is 0 Å². The van der Waals surface area contributed by atoms with Crippen LogP contribution in [0.4, 0.5) is 13.2 Å². The lowest BCUT2D eigenvalue weighted by atomic mass is 10.1. The second-order valence-corrected chi connectivity index (χ2v) is 5.88.